The van der Waals surface area contributed by atoms with Gasteiger partial charge in [0.05, 0.1) is 14.1 Å². The van der Waals surface area contributed by atoms with Crippen molar-refractivity contribution in [3.63, 3.8) is 0 Å². The van der Waals surface area contributed by atoms with Gasteiger partial charge in [-0.25, -0.2) is 0 Å². The maximum Gasteiger partial charge on any atom is 0.466 e. The number of halogens is 1. The zero-order valence-corrected chi connectivity index (χ0v) is 12.3. The molecule has 96 valence electrons. The number of nitrogens with zero attached hydrogens (tertiary/aromatic N) is 2. The van der Waals surface area contributed by atoms with Crippen LogP contribution in [0.5, 0.6) is 0 Å². The lowest BCUT2D eigenvalue weighted by atomic mass is 10.0. The zero-order chi connectivity index (χ0) is 11.7. The minimum absolute atomic E-state index is 0. The summed E-state index contributed by atoms with van der Waals surface area (Å²) in [5, 5.41) is 1.27. The van der Waals surface area contributed by atoms with E-state index in [0.717, 1.165) is 11.8 Å². The SMILES string of the molecule is CC(=O)C[SH+]c1n(C)c2c([n+]1C)CCCC2.[Cl-]. The number of aromatic nitrogens is 2. The summed E-state index contributed by atoms with van der Waals surface area (Å²) in [6.45, 7) is 1.66. The number of hydrogen-bond acceptors (Lipinski definition) is 1. The maximum absolute atomic E-state index is 11.1. The first kappa shape index (κ1) is 14.6. The molecule has 2 rings (SSSR count). The number of thiol groups is 1. The van der Waals surface area contributed by atoms with Crippen LogP contribution in [0.25, 0.3) is 0 Å². The molecule has 1 heterocycles. The summed E-state index contributed by atoms with van der Waals surface area (Å²) in [5.74, 6) is 0.894. The van der Waals surface area contributed by atoms with Crippen LogP contribution in [0.1, 0.15) is 31.2 Å². The van der Waals surface area contributed by atoms with Crippen LogP contribution in [0.15, 0.2) is 5.16 Å². The minimum atomic E-state index is 0. The summed E-state index contributed by atoms with van der Waals surface area (Å²) in [6.07, 6.45) is 4.98. The van der Waals surface area contributed by atoms with Crippen molar-refractivity contribution in [1.29, 1.82) is 0 Å². The average molecular weight is 276 g/mol. The van der Waals surface area contributed by atoms with Crippen LogP contribution in [-0.2, 0) is 43.5 Å². The van der Waals surface area contributed by atoms with Crippen molar-refractivity contribution in [1.82, 2.24) is 4.57 Å². The topological polar surface area (TPSA) is 25.9 Å². The third kappa shape index (κ3) is 2.86. The molecule has 0 atom stereocenters. The van der Waals surface area contributed by atoms with Crippen molar-refractivity contribution < 1.29 is 21.8 Å². The number of carbonyl (C=O) groups is 1. The zero-order valence-electron chi connectivity index (χ0n) is 10.7. The summed E-state index contributed by atoms with van der Waals surface area (Å²) in [4.78, 5) is 11.1. The number of imidazole rings is 1. The quantitative estimate of drug-likeness (QED) is 0.340. The molecule has 0 aliphatic heterocycles. The second kappa shape index (κ2) is 5.91. The van der Waals surface area contributed by atoms with E-state index in [-0.39, 0.29) is 18.2 Å². The molecular weight excluding hydrogens is 256 g/mol. The summed E-state index contributed by atoms with van der Waals surface area (Å²) >= 11 is 1.13. The lowest BCUT2D eigenvalue weighted by molar-refractivity contribution is -0.716. The predicted molar refractivity (Wildman–Crippen MR) is 65.8 cm³/mol. The van der Waals surface area contributed by atoms with E-state index in [2.05, 4.69) is 23.2 Å². The molecular formula is C12H20ClN2OS+. The Labute approximate surface area is 113 Å². The van der Waals surface area contributed by atoms with Crippen molar-refractivity contribution in [2.24, 2.45) is 14.1 Å². The summed E-state index contributed by atoms with van der Waals surface area (Å²) < 4.78 is 4.58. The van der Waals surface area contributed by atoms with Crippen LogP contribution in [0.3, 0.4) is 0 Å². The van der Waals surface area contributed by atoms with Crippen LogP contribution < -0.4 is 17.0 Å². The van der Waals surface area contributed by atoms with Crippen molar-refractivity contribution >= 4 is 17.5 Å². The number of carbonyl (C=O) groups excluding carboxylic acids is 1. The molecule has 3 nitrogen and oxygen atoms in total. The van der Waals surface area contributed by atoms with Crippen LogP contribution >= 0.6 is 0 Å². The van der Waals surface area contributed by atoms with Gasteiger partial charge in [0.15, 0.2) is 22.9 Å². The molecule has 1 aromatic rings. The molecule has 17 heavy (non-hydrogen) atoms. The third-order valence-electron chi connectivity index (χ3n) is 3.26. The Hall–Kier alpha value is -0.480. The molecule has 0 spiro atoms. The number of ketones is 1. The minimum Gasteiger partial charge on any atom is -1.00 e. The molecule has 0 unspecified atom stereocenters. The van der Waals surface area contributed by atoms with E-state index in [0.29, 0.717) is 5.75 Å². The Morgan fingerprint density at radius 2 is 2.06 bits per heavy atom. The van der Waals surface area contributed by atoms with E-state index >= 15 is 0 Å². The number of fused-ring (bicyclic) bond motifs is 1. The highest BCUT2D eigenvalue weighted by Crippen LogP contribution is 2.20. The number of hydrogen-bond donors (Lipinski definition) is 0. The predicted octanol–water partition coefficient (Wildman–Crippen LogP) is -2.50. The summed E-state index contributed by atoms with van der Waals surface area (Å²) in [6, 6.07) is 0. The highest BCUT2D eigenvalue weighted by Gasteiger charge is 2.32. The molecule has 0 fully saturated rings. The summed E-state index contributed by atoms with van der Waals surface area (Å²) in [5.41, 5.74) is 2.94. The fourth-order valence-corrected chi connectivity index (χ4v) is 3.49. The Bertz CT molecular complexity index is 399. The first-order chi connectivity index (χ1) is 7.61. The second-order valence-corrected chi connectivity index (χ2v) is 5.57. The largest absolute Gasteiger partial charge is 1.00 e. The Morgan fingerprint density at radius 1 is 1.41 bits per heavy atom. The van der Waals surface area contributed by atoms with Gasteiger partial charge in [0.1, 0.15) is 11.8 Å². The highest BCUT2D eigenvalue weighted by molar-refractivity contribution is 7.79. The van der Waals surface area contributed by atoms with Gasteiger partial charge in [-0.3, -0.25) is 4.79 Å². The van der Waals surface area contributed by atoms with Gasteiger partial charge in [-0.2, -0.15) is 9.13 Å². The van der Waals surface area contributed by atoms with Crippen LogP contribution in [0, 0.1) is 0 Å². The molecule has 0 saturated carbocycles. The molecule has 0 radical (unpaired) electrons. The normalized spacial score (nSPS) is 14.1. The van der Waals surface area contributed by atoms with Crippen molar-refractivity contribution in [2.45, 2.75) is 37.8 Å². The molecule has 0 N–H and O–H groups in total. The van der Waals surface area contributed by atoms with E-state index in [1.54, 1.807) is 6.92 Å². The molecule has 5 heteroatoms. The second-order valence-electron chi connectivity index (χ2n) is 4.54. The number of rotatable bonds is 3. The molecule has 0 aromatic carbocycles. The summed E-state index contributed by atoms with van der Waals surface area (Å²) in [7, 11) is 4.26. The van der Waals surface area contributed by atoms with Crippen molar-refractivity contribution in [3.05, 3.63) is 11.4 Å². The monoisotopic (exact) mass is 275 g/mol. The first-order valence-corrected chi connectivity index (χ1v) is 6.92. The van der Waals surface area contributed by atoms with Gasteiger partial charge >= 0.3 is 5.16 Å². The lowest BCUT2D eigenvalue weighted by Gasteiger charge is -2.06. The molecule has 0 bridgehead atoms. The fourth-order valence-electron chi connectivity index (χ4n) is 2.46. The van der Waals surface area contributed by atoms with Gasteiger partial charge in [-0.15, -0.1) is 0 Å². The standard InChI is InChI=1S/C12H19N2OS.ClH/c1-9(15)8-16-12-13(2)10-6-4-5-7-11(10)14(12)3;/h4-8H2,1-3H3;1H/q+1;. The Kier molecular flexibility index (Phi) is 5.07. The van der Waals surface area contributed by atoms with Gasteiger partial charge < -0.3 is 12.4 Å². The molecule has 0 saturated heterocycles. The van der Waals surface area contributed by atoms with Crippen LogP contribution in [0.2, 0.25) is 0 Å². The van der Waals surface area contributed by atoms with Crippen molar-refractivity contribution in [3.8, 4) is 0 Å². The van der Waals surface area contributed by atoms with Crippen molar-refractivity contribution in [2.75, 3.05) is 5.75 Å². The molecule has 1 aromatic heterocycles. The molecule has 1 aliphatic carbocycles. The van der Waals surface area contributed by atoms with E-state index in [1.807, 2.05) is 0 Å². The van der Waals surface area contributed by atoms with E-state index in [1.165, 1.54) is 42.2 Å². The van der Waals surface area contributed by atoms with Gasteiger partial charge in [-0.1, -0.05) is 0 Å². The van der Waals surface area contributed by atoms with Gasteiger partial charge in [-0.05, 0) is 19.8 Å². The highest BCUT2D eigenvalue weighted by atomic mass is 35.5. The van der Waals surface area contributed by atoms with Gasteiger partial charge in [0.2, 0.25) is 0 Å². The van der Waals surface area contributed by atoms with Gasteiger partial charge in [0.25, 0.3) is 0 Å². The van der Waals surface area contributed by atoms with Crippen LogP contribution in [0.4, 0.5) is 0 Å². The van der Waals surface area contributed by atoms with E-state index in [4.69, 9.17) is 0 Å². The lowest BCUT2D eigenvalue weighted by Crippen LogP contribution is -3.00. The third-order valence-corrected chi connectivity index (χ3v) is 4.75. The smallest absolute Gasteiger partial charge is 0.466 e. The van der Waals surface area contributed by atoms with E-state index in [9.17, 15) is 4.79 Å². The molecule has 1 aliphatic rings. The Morgan fingerprint density at radius 3 is 2.65 bits per heavy atom. The molecule has 0 amide bonds. The Balaban J connectivity index is 0.00000144. The van der Waals surface area contributed by atoms with Gasteiger partial charge in [0, 0.05) is 12.8 Å². The first-order valence-electron chi connectivity index (χ1n) is 5.84. The average Bonchev–Trinajstić information content (AvgIpc) is 2.50. The maximum atomic E-state index is 11.1. The fraction of sp³-hybridized carbons (Fsp3) is 0.667. The van der Waals surface area contributed by atoms with Crippen LogP contribution in [-0.4, -0.2) is 16.1 Å². The number of Topliss-reactive ketones (excluding diaryl/α,β-unsaturated/α-hetero) is 1. The van der Waals surface area contributed by atoms with E-state index < -0.39 is 0 Å².